The van der Waals surface area contributed by atoms with E-state index in [4.69, 9.17) is 10.6 Å². The minimum Gasteiger partial charge on any atom is -0.494 e. The maximum atomic E-state index is 5.88. The summed E-state index contributed by atoms with van der Waals surface area (Å²) < 4.78 is 5.60. The molecule has 0 saturated heterocycles. The molecule has 0 aromatic heterocycles. The molecule has 3 heteroatoms. The smallest absolute Gasteiger partial charge is 0.119 e. The molecule has 3 N–H and O–H groups in total. The van der Waals surface area contributed by atoms with Gasteiger partial charge >= 0.3 is 0 Å². The number of hydrazine groups is 1. The van der Waals surface area contributed by atoms with Gasteiger partial charge in [-0.25, -0.2) is 0 Å². The third-order valence-electron chi connectivity index (χ3n) is 4.58. The van der Waals surface area contributed by atoms with Crippen molar-refractivity contribution in [2.24, 2.45) is 11.3 Å². The highest BCUT2D eigenvalue weighted by molar-refractivity contribution is 5.32. The Labute approximate surface area is 116 Å². The fraction of sp³-hybridized carbons (Fsp3) is 0.625. The van der Waals surface area contributed by atoms with Crippen molar-refractivity contribution >= 4 is 0 Å². The van der Waals surface area contributed by atoms with Crippen molar-refractivity contribution in [1.82, 2.24) is 5.43 Å². The van der Waals surface area contributed by atoms with E-state index in [1.54, 1.807) is 0 Å². The van der Waals surface area contributed by atoms with Crippen LogP contribution in [-0.4, -0.2) is 6.61 Å². The summed E-state index contributed by atoms with van der Waals surface area (Å²) in [4.78, 5) is 0. The third-order valence-corrected chi connectivity index (χ3v) is 4.58. The first-order valence-corrected chi connectivity index (χ1v) is 7.44. The number of benzene rings is 1. The molecule has 0 heterocycles. The Morgan fingerprint density at radius 3 is 2.63 bits per heavy atom. The van der Waals surface area contributed by atoms with Crippen LogP contribution >= 0.6 is 0 Å². The molecule has 3 nitrogen and oxygen atoms in total. The summed E-state index contributed by atoms with van der Waals surface area (Å²) in [7, 11) is 0. The van der Waals surface area contributed by atoms with Gasteiger partial charge in [0.1, 0.15) is 5.75 Å². The zero-order valence-corrected chi connectivity index (χ0v) is 12.1. The second-order valence-electron chi connectivity index (χ2n) is 5.53. The van der Waals surface area contributed by atoms with Crippen LogP contribution in [0, 0.1) is 5.41 Å². The van der Waals surface area contributed by atoms with Crippen molar-refractivity contribution in [3.05, 3.63) is 29.8 Å². The van der Waals surface area contributed by atoms with Gasteiger partial charge in [-0.2, -0.15) is 0 Å². The summed E-state index contributed by atoms with van der Waals surface area (Å²) in [5, 5.41) is 0. The van der Waals surface area contributed by atoms with E-state index in [1.165, 1.54) is 37.7 Å². The lowest BCUT2D eigenvalue weighted by Gasteiger charge is -2.37. The van der Waals surface area contributed by atoms with Crippen LogP contribution in [-0.2, 0) is 0 Å². The molecule has 0 aliphatic heterocycles. The van der Waals surface area contributed by atoms with E-state index in [0.29, 0.717) is 12.0 Å². The lowest BCUT2D eigenvalue weighted by Crippen LogP contribution is -2.40. The van der Waals surface area contributed by atoms with E-state index in [0.717, 1.165) is 5.75 Å². The molecule has 1 unspecified atom stereocenters. The molecular weight excluding hydrogens is 236 g/mol. The van der Waals surface area contributed by atoms with Gasteiger partial charge < -0.3 is 4.74 Å². The predicted molar refractivity (Wildman–Crippen MR) is 78.9 cm³/mol. The van der Waals surface area contributed by atoms with Crippen molar-refractivity contribution in [2.75, 3.05) is 6.61 Å². The monoisotopic (exact) mass is 262 g/mol. The van der Waals surface area contributed by atoms with E-state index in [2.05, 4.69) is 30.5 Å². The minimum absolute atomic E-state index is 0.223. The number of nitrogens with two attached hydrogens (primary N) is 1. The first-order chi connectivity index (χ1) is 9.25. The van der Waals surface area contributed by atoms with Gasteiger partial charge in [0.2, 0.25) is 0 Å². The van der Waals surface area contributed by atoms with Gasteiger partial charge in [-0.15, -0.1) is 0 Å². The molecule has 0 bridgehead atoms. The minimum atomic E-state index is 0.223. The van der Waals surface area contributed by atoms with E-state index in [-0.39, 0.29) is 6.04 Å². The van der Waals surface area contributed by atoms with Crippen LogP contribution in [0.15, 0.2) is 24.3 Å². The molecule has 1 aromatic carbocycles. The standard InChI is InChI=1S/C16H26N2O/c1-3-16(10-5-6-11-16)15(18-17)13-8-7-9-14(12-13)19-4-2/h7-9,12,15,18H,3-6,10-11,17H2,1-2H3. The Kier molecular flexibility index (Phi) is 4.83. The van der Waals surface area contributed by atoms with Crippen LogP contribution in [0.4, 0.5) is 0 Å². The summed E-state index contributed by atoms with van der Waals surface area (Å²) in [5.74, 6) is 6.81. The Balaban J connectivity index is 2.27. The summed E-state index contributed by atoms with van der Waals surface area (Å²) in [6.07, 6.45) is 6.32. The van der Waals surface area contributed by atoms with Crippen LogP contribution in [0.1, 0.15) is 57.6 Å². The normalized spacial score (nSPS) is 19.3. The number of hydrogen-bond donors (Lipinski definition) is 2. The maximum Gasteiger partial charge on any atom is 0.119 e. The lowest BCUT2D eigenvalue weighted by molar-refractivity contribution is 0.187. The molecular formula is C16H26N2O. The molecule has 1 saturated carbocycles. The van der Waals surface area contributed by atoms with E-state index in [1.807, 2.05) is 13.0 Å². The molecule has 0 radical (unpaired) electrons. The number of rotatable bonds is 6. The van der Waals surface area contributed by atoms with Crippen molar-refractivity contribution in [2.45, 2.75) is 52.0 Å². The average Bonchev–Trinajstić information content (AvgIpc) is 2.90. The fourth-order valence-corrected chi connectivity index (χ4v) is 3.50. The van der Waals surface area contributed by atoms with Gasteiger partial charge in [-0.3, -0.25) is 11.3 Å². The zero-order chi connectivity index (χ0) is 13.7. The van der Waals surface area contributed by atoms with Crippen LogP contribution in [0.3, 0.4) is 0 Å². The summed E-state index contributed by atoms with van der Waals surface area (Å²) >= 11 is 0. The molecule has 1 aliphatic rings. The molecule has 0 amide bonds. The largest absolute Gasteiger partial charge is 0.494 e. The van der Waals surface area contributed by atoms with Gasteiger partial charge in [-0.05, 0) is 49.3 Å². The second kappa shape index (κ2) is 6.40. The second-order valence-corrected chi connectivity index (χ2v) is 5.53. The van der Waals surface area contributed by atoms with Crippen molar-refractivity contribution < 1.29 is 4.74 Å². The van der Waals surface area contributed by atoms with E-state index < -0.39 is 0 Å². The molecule has 106 valence electrons. The highest BCUT2D eigenvalue weighted by Gasteiger charge is 2.40. The Bertz CT molecular complexity index is 399. The predicted octanol–water partition coefficient (Wildman–Crippen LogP) is 3.56. The zero-order valence-electron chi connectivity index (χ0n) is 12.1. The number of hydrogen-bond acceptors (Lipinski definition) is 3. The summed E-state index contributed by atoms with van der Waals surface area (Å²) in [6, 6.07) is 8.57. The van der Waals surface area contributed by atoms with Gasteiger partial charge in [0.05, 0.1) is 12.6 Å². The molecule has 19 heavy (non-hydrogen) atoms. The highest BCUT2D eigenvalue weighted by atomic mass is 16.5. The first-order valence-electron chi connectivity index (χ1n) is 7.44. The average molecular weight is 262 g/mol. The van der Waals surface area contributed by atoms with Gasteiger partial charge in [0, 0.05) is 0 Å². The fourth-order valence-electron chi connectivity index (χ4n) is 3.50. The molecule has 1 fully saturated rings. The lowest BCUT2D eigenvalue weighted by atomic mass is 9.73. The summed E-state index contributed by atoms with van der Waals surface area (Å²) in [5.41, 5.74) is 4.62. The van der Waals surface area contributed by atoms with E-state index >= 15 is 0 Å². The van der Waals surface area contributed by atoms with Crippen molar-refractivity contribution in [3.8, 4) is 5.75 Å². The maximum absolute atomic E-state index is 5.88. The molecule has 1 aromatic rings. The first kappa shape index (κ1) is 14.4. The van der Waals surface area contributed by atoms with Crippen molar-refractivity contribution in [1.29, 1.82) is 0 Å². The topological polar surface area (TPSA) is 47.3 Å². The van der Waals surface area contributed by atoms with E-state index in [9.17, 15) is 0 Å². The molecule has 2 rings (SSSR count). The summed E-state index contributed by atoms with van der Waals surface area (Å²) in [6.45, 7) is 4.99. The van der Waals surface area contributed by atoms with Crippen LogP contribution in [0.2, 0.25) is 0 Å². The Hall–Kier alpha value is -1.06. The third kappa shape index (κ3) is 2.93. The van der Waals surface area contributed by atoms with Gasteiger partial charge in [-0.1, -0.05) is 31.9 Å². The van der Waals surface area contributed by atoms with Gasteiger partial charge in [0.15, 0.2) is 0 Å². The number of nitrogens with one attached hydrogen (secondary N) is 1. The SMILES string of the molecule is CCOc1cccc(C(NN)C2(CC)CCCC2)c1. The highest BCUT2D eigenvalue weighted by Crippen LogP contribution is 2.49. The molecule has 1 atom stereocenters. The Morgan fingerprint density at radius 2 is 2.05 bits per heavy atom. The van der Waals surface area contributed by atoms with Crippen LogP contribution < -0.4 is 16.0 Å². The van der Waals surface area contributed by atoms with Gasteiger partial charge in [0.25, 0.3) is 0 Å². The molecule has 0 spiro atoms. The number of ether oxygens (including phenoxy) is 1. The Morgan fingerprint density at radius 1 is 1.32 bits per heavy atom. The van der Waals surface area contributed by atoms with Crippen molar-refractivity contribution in [3.63, 3.8) is 0 Å². The quantitative estimate of drug-likeness (QED) is 0.608. The van der Waals surface area contributed by atoms with Crippen LogP contribution in [0.5, 0.6) is 5.75 Å². The molecule has 1 aliphatic carbocycles. The van der Waals surface area contributed by atoms with Crippen LogP contribution in [0.25, 0.3) is 0 Å².